The van der Waals surface area contributed by atoms with Crippen LogP contribution in [0.5, 0.6) is 23.0 Å². The molecule has 16 aromatic carbocycles. The third-order valence-corrected chi connectivity index (χ3v) is 16.8. The average molecular weight is 1160 g/mol. The van der Waals surface area contributed by atoms with Gasteiger partial charge in [0.05, 0.1) is 0 Å². The van der Waals surface area contributed by atoms with Crippen LogP contribution in [0.4, 0.5) is 0 Å². The Balaban J connectivity index is 0.000000149. The number of fused-ring (bicyclic) bond motifs is 12. The van der Waals surface area contributed by atoms with Gasteiger partial charge in [0.2, 0.25) is 0 Å². The van der Waals surface area contributed by atoms with E-state index in [0.29, 0.717) is 43.8 Å². The van der Waals surface area contributed by atoms with Crippen molar-refractivity contribution in [3.63, 3.8) is 0 Å². The van der Waals surface area contributed by atoms with E-state index in [4.69, 9.17) is 0 Å². The molecule has 0 aliphatic rings. The third-order valence-electron chi connectivity index (χ3n) is 16.8. The molecule has 0 amide bonds. The van der Waals surface area contributed by atoms with Crippen LogP contribution in [0.25, 0.3) is 153 Å². The maximum absolute atomic E-state index is 14.9. The number of hydrogen-bond acceptors (Lipinski definition) is 4. The van der Waals surface area contributed by atoms with E-state index in [1.54, 1.807) is 0 Å². The third kappa shape index (κ3) is 8.95. The molecule has 4 nitrogen and oxygen atoms in total. The van der Waals surface area contributed by atoms with Gasteiger partial charge in [-0.25, -0.2) is 0 Å². The van der Waals surface area contributed by atoms with Crippen molar-refractivity contribution in [1.29, 1.82) is 0 Å². The van der Waals surface area contributed by atoms with Gasteiger partial charge in [-0.05, 0) is 177 Å². The summed E-state index contributed by atoms with van der Waals surface area (Å²) in [4.78, 5) is 0. The zero-order valence-corrected chi connectivity index (χ0v) is 48.3. The van der Waals surface area contributed by atoms with Gasteiger partial charge >= 0.3 is 26.2 Å². The molecule has 16 rings (SSSR count). The van der Waals surface area contributed by atoms with Gasteiger partial charge in [0, 0.05) is 0 Å². The molecule has 396 valence electrons. The fourth-order valence-electron chi connectivity index (χ4n) is 12.9. The number of rotatable bonds is 6. The first-order chi connectivity index (χ1) is 41.4. The second kappa shape index (κ2) is 21.8. The molecular formula is C80H48O4Zr. The molecule has 16 aromatic rings. The van der Waals surface area contributed by atoms with Crippen molar-refractivity contribution in [3.8, 4) is 89.8 Å². The Labute approximate surface area is 510 Å². The largest absolute Gasteiger partial charge is 4.00 e. The van der Waals surface area contributed by atoms with Crippen LogP contribution in [-0.2, 0) is 26.2 Å². The normalized spacial score (nSPS) is 11.4. The smallest absolute Gasteiger partial charge is 0.872 e. The predicted molar refractivity (Wildman–Crippen MR) is 343 cm³/mol. The average Bonchev–Trinajstić information content (AvgIpc) is 1.17. The van der Waals surface area contributed by atoms with E-state index < -0.39 is 0 Å². The van der Waals surface area contributed by atoms with E-state index in [2.05, 4.69) is 48.5 Å². The summed E-state index contributed by atoms with van der Waals surface area (Å²) in [5.41, 5.74) is 8.43. The van der Waals surface area contributed by atoms with Gasteiger partial charge in [-0.15, -0.1) is 0 Å². The molecule has 85 heavy (non-hydrogen) atoms. The van der Waals surface area contributed by atoms with Gasteiger partial charge in [0.25, 0.3) is 0 Å². The molecule has 0 unspecified atom stereocenters. The zero-order valence-electron chi connectivity index (χ0n) is 45.8. The Bertz CT molecular complexity index is 4610. The molecule has 0 saturated heterocycles. The van der Waals surface area contributed by atoms with Crippen molar-refractivity contribution in [2.75, 3.05) is 0 Å². The monoisotopic (exact) mass is 1160 g/mol. The van der Waals surface area contributed by atoms with Gasteiger partial charge in [-0.1, -0.05) is 290 Å². The molecule has 0 spiro atoms. The summed E-state index contributed by atoms with van der Waals surface area (Å²) in [6.07, 6.45) is 0. The molecule has 0 fully saturated rings. The quantitative estimate of drug-likeness (QED) is 0.155. The van der Waals surface area contributed by atoms with Crippen LogP contribution >= 0.6 is 0 Å². The molecule has 0 radical (unpaired) electrons. The number of hydrogen-bond donors (Lipinski definition) is 0. The van der Waals surface area contributed by atoms with Crippen LogP contribution in [-0.4, -0.2) is 0 Å². The zero-order chi connectivity index (χ0) is 56.4. The Hall–Kier alpha value is -10.3. The molecular weight excluding hydrogens is 1120 g/mol. The molecule has 0 aliphatic carbocycles. The van der Waals surface area contributed by atoms with Gasteiger partial charge in [-0.3, -0.25) is 0 Å². The van der Waals surface area contributed by atoms with Gasteiger partial charge in [0.15, 0.2) is 0 Å². The minimum absolute atomic E-state index is 0. The fourth-order valence-corrected chi connectivity index (χ4v) is 12.9. The molecule has 0 bridgehead atoms. The Kier molecular flexibility index (Phi) is 13.5. The van der Waals surface area contributed by atoms with E-state index in [1.807, 2.05) is 243 Å². The number of benzene rings is 16. The maximum atomic E-state index is 14.9. The van der Waals surface area contributed by atoms with Crippen molar-refractivity contribution in [2.24, 2.45) is 0 Å². The van der Waals surface area contributed by atoms with E-state index in [9.17, 15) is 20.4 Å². The predicted octanol–water partition coefficient (Wildman–Crippen LogP) is 18.9. The molecule has 0 atom stereocenters. The molecule has 0 heterocycles. The van der Waals surface area contributed by atoms with E-state index >= 15 is 0 Å². The van der Waals surface area contributed by atoms with Crippen molar-refractivity contribution < 1.29 is 46.6 Å². The van der Waals surface area contributed by atoms with E-state index in [-0.39, 0.29) is 49.2 Å². The van der Waals surface area contributed by atoms with Crippen molar-refractivity contribution in [1.82, 2.24) is 0 Å². The fraction of sp³-hybridized carbons (Fsp3) is 0. The molecule has 0 saturated carbocycles. The van der Waals surface area contributed by atoms with Gasteiger partial charge in [0.1, 0.15) is 0 Å². The Morgan fingerprint density at radius 3 is 0.565 bits per heavy atom. The molecule has 0 aliphatic heterocycles. The van der Waals surface area contributed by atoms with Crippen LogP contribution in [0.15, 0.2) is 291 Å². The minimum atomic E-state index is -0.128. The first-order valence-corrected chi connectivity index (χ1v) is 28.2. The van der Waals surface area contributed by atoms with Crippen LogP contribution in [0.2, 0.25) is 0 Å². The Morgan fingerprint density at radius 2 is 0.353 bits per heavy atom. The SMILES string of the molecule is [O-]c1c(-c2c(-c3ccccc3)cc3ccc4ccccc4c3c2[O-])c(-c2ccccc2)cc2ccc3ccccc3c12.[O-]c1c(-c2c(-c3ccccc3)cc3ccc4ccccc4c3c2[O-])c(-c2ccccc2)cc2ccc3ccccc3c12.[Zr+4]. The summed E-state index contributed by atoms with van der Waals surface area (Å²) < 4.78 is 0. The summed E-state index contributed by atoms with van der Waals surface area (Å²) in [6.45, 7) is 0. The molecule has 0 aromatic heterocycles. The minimum Gasteiger partial charge on any atom is -0.872 e. The summed E-state index contributed by atoms with van der Waals surface area (Å²) in [6, 6.07) is 96.1. The molecule has 5 heteroatoms. The van der Waals surface area contributed by atoms with E-state index in [0.717, 1.165) is 109 Å². The molecule has 0 N–H and O–H groups in total. The van der Waals surface area contributed by atoms with E-state index in [1.165, 1.54) is 0 Å². The second-order valence-electron chi connectivity index (χ2n) is 21.5. The topological polar surface area (TPSA) is 92.2 Å². The van der Waals surface area contributed by atoms with Crippen LogP contribution in [0, 0.1) is 0 Å². The van der Waals surface area contributed by atoms with Crippen molar-refractivity contribution in [2.45, 2.75) is 0 Å². The van der Waals surface area contributed by atoms with Gasteiger partial charge < -0.3 is 20.4 Å². The summed E-state index contributed by atoms with van der Waals surface area (Å²) in [5.74, 6) is -0.511. The van der Waals surface area contributed by atoms with Crippen molar-refractivity contribution >= 4 is 86.2 Å². The second-order valence-corrected chi connectivity index (χ2v) is 21.5. The maximum Gasteiger partial charge on any atom is 4.00 e. The van der Waals surface area contributed by atoms with Gasteiger partial charge in [-0.2, -0.15) is 0 Å². The van der Waals surface area contributed by atoms with Crippen LogP contribution in [0.3, 0.4) is 0 Å². The van der Waals surface area contributed by atoms with Crippen LogP contribution < -0.4 is 20.4 Å². The Morgan fingerprint density at radius 1 is 0.176 bits per heavy atom. The van der Waals surface area contributed by atoms with Crippen molar-refractivity contribution in [3.05, 3.63) is 291 Å². The standard InChI is InChI=1S/2C40H26O2.Zr/c2*41-39-35-29(21-19-27-15-7-9-17-31(27)35)23-33(25-11-3-1-4-12-25)37(39)38-34(26-13-5-2-6-14-26)24-30-22-20-28-16-8-10-18-32(28)36(30)40(38)42;/h2*1-24,41-42H;/q;;+4/p-4. The first-order valence-electron chi connectivity index (χ1n) is 28.2. The summed E-state index contributed by atoms with van der Waals surface area (Å²) in [7, 11) is 0. The first kappa shape index (κ1) is 52.7. The van der Waals surface area contributed by atoms with Crippen LogP contribution in [0.1, 0.15) is 0 Å². The summed E-state index contributed by atoms with van der Waals surface area (Å²) in [5, 5.41) is 73.3. The summed E-state index contributed by atoms with van der Waals surface area (Å²) >= 11 is 0.